The lowest BCUT2D eigenvalue weighted by Gasteiger charge is -2.36. The second-order valence-corrected chi connectivity index (χ2v) is 3.95. The number of nitrogens with zero attached hydrogens (tertiary/aromatic N) is 1. The van der Waals surface area contributed by atoms with Gasteiger partial charge in [-0.05, 0) is 26.3 Å². The molecule has 2 N–H and O–H groups in total. The summed E-state index contributed by atoms with van der Waals surface area (Å²) in [6.45, 7) is 1.94. The number of carbonyl (C=O) groups excluding carboxylic acids is 1. The van der Waals surface area contributed by atoms with Crippen LogP contribution in [0.25, 0.3) is 0 Å². The molecule has 1 saturated heterocycles. The number of carbonyl (C=O) groups is 1. The number of primary amides is 1. The molecule has 1 heterocycles. The Kier molecular flexibility index (Phi) is 3.59. The number of halogens is 3. The van der Waals surface area contributed by atoms with E-state index >= 15 is 0 Å². The van der Waals surface area contributed by atoms with Crippen LogP contribution in [0.1, 0.15) is 19.8 Å². The van der Waals surface area contributed by atoms with E-state index < -0.39 is 24.0 Å². The van der Waals surface area contributed by atoms with E-state index in [9.17, 15) is 18.0 Å². The van der Waals surface area contributed by atoms with E-state index in [1.165, 1.54) is 4.90 Å². The summed E-state index contributed by atoms with van der Waals surface area (Å²) in [6, 6.07) is -0.616. The average molecular weight is 224 g/mol. The molecule has 0 aromatic heterocycles. The van der Waals surface area contributed by atoms with Gasteiger partial charge in [0.05, 0.1) is 12.0 Å². The Hall–Kier alpha value is -0.780. The molecule has 0 radical (unpaired) electrons. The van der Waals surface area contributed by atoms with E-state index in [-0.39, 0.29) is 13.0 Å². The highest BCUT2D eigenvalue weighted by Gasteiger charge is 2.42. The first-order valence-corrected chi connectivity index (χ1v) is 4.92. The molecule has 0 saturated carbocycles. The van der Waals surface area contributed by atoms with Crippen LogP contribution >= 0.6 is 0 Å². The molecule has 0 aromatic carbocycles. The summed E-state index contributed by atoms with van der Waals surface area (Å²) in [5.41, 5.74) is 5.06. The van der Waals surface area contributed by atoms with Gasteiger partial charge in [-0.1, -0.05) is 0 Å². The van der Waals surface area contributed by atoms with Gasteiger partial charge in [0.1, 0.15) is 0 Å². The smallest absolute Gasteiger partial charge is 0.368 e. The van der Waals surface area contributed by atoms with Gasteiger partial charge < -0.3 is 5.73 Å². The van der Waals surface area contributed by atoms with Crippen molar-refractivity contribution in [1.82, 2.24) is 4.90 Å². The first-order chi connectivity index (χ1) is 6.82. The molecule has 0 unspecified atom stereocenters. The third-order valence-electron chi connectivity index (χ3n) is 2.88. The minimum Gasteiger partial charge on any atom is -0.368 e. The van der Waals surface area contributed by atoms with E-state index in [2.05, 4.69) is 0 Å². The van der Waals surface area contributed by atoms with Gasteiger partial charge in [0.15, 0.2) is 0 Å². The summed E-state index contributed by atoms with van der Waals surface area (Å²) in [4.78, 5) is 12.4. The minimum absolute atomic E-state index is 0.117. The van der Waals surface area contributed by atoms with Crippen molar-refractivity contribution < 1.29 is 18.0 Å². The topological polar surface area (TPSA) is 46.3 Å². The van der Waals surface area contributed by atoms with Gasteiger partial charge in [-0.2, -0.15) is 13.2 Å². The summed E-state index contributed by atoms with van der Waals surface area (Å²) < 4.78 is 37.3. The Morgan fingerprint density at radius 3 is 2.60 bits per heavy atom. The highest BCUT2D eigenvalue weighted by molar-refractivity contribution is 5.79. The Bertz CT molecular complexity index is 242. The molecule has 0 aromatic rings. The maximum atomic E-state index is 12.4. The van der Waals surface area contributed by atoms with Gasteiger partial charge in [-0.25, -0.2) is 0 Å². The molecule has 88 valence electrons. The lowest BCUT2D eigenvalue weighted by molar-refractivity contribution is -0.188. The van der Waals surface area contributed by atoms with Gasteiger partial charge in [0.25, 0.3) is 0 Å². The van der Waals surface area contributed by atoms with Gasteiger partial charge in [0, 0.05) is 6.54 Å². The standard InChI is InChI=1S/C9H15F3N2O/c1-6(8(13)15)14-4-2-3-7(5-14)9(10,11)12/h6-7H,2-5H2,1H3,(H2,13,15)/t6-,7+/m1/s1. The van der Waals surface area contributed by atoms with Crippen molar-refractivity contribution in [2.24, 2.45) is 11.7 Å². The molecule has 1 aliphatic rings. The van der Waals surface area contributed by atoms with Crippen molar-refractivity contribution in [3.8, 4) is 0 Å². The molecule has 6 heteroatoms. The molecule has 1 fully saturated rings. The van der Waals surface area contributed by atoms with Crippen LogP contribution in [0.2, 0.25) is 0 Å². The van der Waals surface area contributed by atoms with Gasteiger partial charge in [-0.3, -0.25) is 9.69 Å². The summed E-state index contributed by atoms with van der Waals surface area (Å²) in [5.74, 6) is -1.90. The van der Waals surface area contributed by atoms with Gasteiger partial charge in [-0.15, -0.1) is 0 Å². The molecule has 0 bridgehead atoms. The van der Waals surface area contributed by atoms with E-state index in [4.69, 9.17) is 5.73 Å². The fraction of sp³-hybridized carbons (Fsp3) is 0.889. The predicted octanol–water partition coefficient (Wildman–Crippen LogP) is 1.13. The number of nitrogens with two attached hydrogens (primary N) is 1. The Morgan fingerprint density at radius 1 is 1.53 bits per heavy atom. The summed E-state index contributed by atoms with van der Waals surface area (Å²) >= 11 is 0. The number of hydrogen-bond acceptors (Lipinski definition) is 2. The van der Waals surface area contributed by atoms with Crippen LogP contribution < -0.4 is 5.73 Å². The van der Waals surface area contributed by atoms with Crippen LogP contribution in [0, 0.1) is 5.92 Å². The lowest BCUT2D eigenvalue weighted by Crippen LogP contribution is -2.50. The largest absolute Gasteiger partial charge is 0.393 e. The maximum Gasteiger partial charge on any atom is 0.393 e. The van der Waals surface area contributed by atoms with Crippen LogP contribution in [0.15, 0.2) is 0 Å². The second kappa shape index (κ2) is 4.38. The molecular formula is C9H15F3N2O. The first kappa shape index (κ1) is 12.3. The second-order valence-electron chi connectivity index (χ2n) is 3.95. The zero-order valence-electron chi connectivity index (χ0n) is 8.55. The normalized spacial score (nSPS) is 26.3. The highest BCUT2D eigenvalue weighted by atomic mass is 19.4. The van der Waals surface area contributed by atoms with Crippen LogP contribution in [0.5, 0.6) is 0 Å². The number of likely N-dealkylation sites (tertiary alicyclic amines) is 1. The molecule has 1 rings (SSSR count). The fourth-order valence-electron chi connectivity index (χ4n) is 1.81. The van der Waals surface area contributed by atoms with Crippen LogP contribution in [-0.2, 0) is 4.79 Å². The number of piperidine rings is 1. The quantitative estimate of drug-likeness (QED) is 0.764. The highest BCUT2D eigenvalue weighted by Crippen LogP contribution is 2.33. The predicted molar refractivity (Wildman–Crippen MR) is 49.0 cm³/mol. The van der Waals surface area contributed by atoms with Crippen LogP contribution in [0.3, 0.4) is 0 Å². The Labute approximate surface area is 86.4 Å². The maximum absolute atomic E-state index is 12.4. The average Bonchev–Trinajstić information content (AvgIpc) is 2.15. The van der Waals surface area contributed by atoms with Gasteiger partial charge >= 0.3 is 6.18 Å². The molecule has 0 spiro atoms. The molecule has 0 aliphatic carbocycles. The zero-order valence-corrected chi connectivity index (χ0v) is 8.55. The molecule has 15 heavy (non-hydrogen) atoms. The van der Waals surface area contributed by atoms with Crippen molar-refractivity contribution in [2.45, 2.75) is 32.0 Å². The van der Waals surface area contributed by atoms with Crippen molar-refractivity contribution in [1.29, 1.82) is 0 Å². The number of rotatable bonds is 2. The molecule has 1 aliphatic heterocycles. The number of hydrogen-bond donors (Lipinski definition) is 1. The van der Waals surface area contributed by atoms with Crippen molar-refractivity contribution in [3.63, 3.8) is 0 Å². The minimum atomic E-state index is -4.17. The van der Waals surface area contributed by atoms with Crippen LogP contribution in [0.4, 0.5) is 13.2 Å². The summed E-state index contributed by atoms with van der Waals surface area (Å²) in [5, 5.41) is 0. The van der Waals surface area contributed by atoms with Crippen LogP contribution in [-0.4, -0.2) is 36.1 Å². The van der Waals surface area contributed by atoms with E-state index in [1.807, 2.05) is 0 Å². The Balaban J connectivity index is 2.60. The third-order valence-corrected chi connectivity index (χ3v) is 2.88. The lowest BCUT2D eigenvalue weighted by atomic mass is 9.96. The Morgan fingerprint density at radius 2 is 2.13 bits per heavy atom. The van der Waals surface area contributed by atoms with E-state index in [0.717, 1.165) is 0 Å². The SMILES string of the molecule is C[C@H](C(N)=O)N1CCC[C@H](C(F)(F)F)C1. The zero-order chi connectivity index (χ0) is 11.6. The number of alkyl halides is 3. The molecular weight excluding hydrogens is 209 g/mol. The van der Waals surface area contributed by atoms with Crippen molar-refractivity contribution >= 4 is 5.91 Å². The van der Waals surface area contributed by atoms with E-state index in [1.54, 1.807) is 6.92 Å². The van der Waals surface area contributed by atoms with Gasteiger partial charge in [0.2, 0.25) is 5.91 Å². The van der Waals surface area contributed by atoms with Crippen molar-refractivity contribution in [2.75, 3.05) is 13.1 Å². The molecule has 2 atom stereocenters. The third kappa shape index (κ3) is 3.09. The number of amides is 1. The van der Waals surface area contributed by atoms with E-state index in [0.29, 0.717) is 13.0 Å². The summed E-state index contributed by atoms with van der Waals surface area (Å²) in [6.07, 6.45) is -3.57. The molecule has 1 amide bonds. The molecule has 3 nitrogen and oxygen atoms in total. The first-order valence-electron chi connectivity index (χ1n) is 4.92. The fourth-order valence-corrected chi connectivity index (χ4v) is 1.81. The van der Waals surface area contributed by atoms with Crippen molar-refractivity contribution in [3.05, 3.63) is 0 Å². The summed E-state index contributed by atoms with van der Waals surface area (Å²) in [7, 11) is 0. The monoisotopic (exact) mass is 224 g/mol.